The number of amides is 1. The third kappa shape index (κ3) is 5.54. The van der Waals surface area contributed by atoms with E-state index in [0.717, 1.165) is 41.6 Å². The highest BCUT2D eigenvalue weighted by Crippen LogP contribution is 2.36. The van der Waals surface area contributed by atoms with Crippen LogP contribution in [0.5, 0.6) is 0 Å². The van der Waals surface area contributed by atoms with Gasteiger partial charge >= 0.3 is 0 Å². The number of imidazole rings is 1. The average molecular weight is 422 g/mol. The standard InChI is InChI=1S/C25H31N3OS/c1-4-5-17-28-23(21-14-10-7-11-15-21)22(20-12-8-6-9-13-20)27-25(28)30-18-16-26-24(29)19(2)3/h6-15,19H,4-5,16-18H2,1-3H3,(H,26,29). The molecule has 1 N–H and O–H groups in total. The summed E-state index contributed by atoms with van der Waals surface area (Å²) in [4.78, 5) is 16.9. The quantitative estimate of drug-likeness (QED) is 0.328. The van der Waals surface area contributed by atoms with E-state index >= 15 is 0 Å². The van der Waals surface area contributed by atoms with E-state index in [-0.39, 0.29) is 11.8 Å². The first kappa shape index (κ1) is 22.2. The van der Waals surface area contributed by atoms with Gasteiger partial charge in [-0.2, -0.15) is 0 Å². The number of nitrogens with one attached hydrogen (secondary N) is 1. The number of benzene rings is 2. The van der Waals surface area contributed by atoms with Gasteiger partial charge in [-0.05, 0) is 6.42 Å². The summed E-state index contributed by atoms with van der Waals surface area (Å²) in [5, 5.41) is 4.02. The maximum Gasteiger partial charge on any atom is 0.222 e. The summed E-state index contributed by atoms with van der Waals surface area (Å²) in [5.74, 6) is 0.903. The average Bonchev–Trinajstić information content (AvgIpc) is 3.14. The molecule has 2 aromatic carbocycles. The molecule has 0 unspecified atom stereocenters. The predicted molar refractivity (Wildman–Crippen MR) is 127 cm³/mol. The molecule has 0 fully saturated rings. The third-order valence-electron chi connectivity index (χ3n) is 4.92. The minimum atomic E-state index is 0.0101. The van der Waals surface area contributed by atoms with Gasteiger partial charge in [0.2, 0.25) is 5.91 Å². The second-order valence-corrected chi connectivity index (χ2v) is 8.69. The lowest BCUT2D eigenvalue weighted by molar-refractivity contribution is -0.123. The van der Waals surface area contributed by atoms with E-state index in [1.165, 1.54) is 11.3 Å². The van der Waals surface area contributed by atoms with Crippen molar-refractivity contribution in [3.8, 4) is 22.5 Å². The van der Waals surface area contributed by atoms with Crippen LogP contribution < -0.4 is 5.32 Å². The van der Waals surface area contributed by atoms with Crippen molar-refractivity contribution in [3.05, 3.63) is 60.7 Å². The van der Waals surface area contributed by atoms with E-state index < -0.39 is 0 Å². The van der Waals surface area contributed by atoms with Crippen LogP contribution in [-0.4, -0.2) is 27.8 Å². The lowest BCUT2D eigenvalue weighted by Crippen LogP contribution is -2.29. The molecule has 0 radical (unpaired) electrons. The van der Waals surface area contributed by atoms with Crippen LogP contribution in [0.15, 0.2) is 65.8 Å². The van der Waals surface area contributed by atoms with Crippen molar-refractivity contribution < 1.29 is 4.79 Å². The molecule has 0 aliphatic rings. The predicted octanol–water partition coefficient (Wildman–Crippen LogP) is 5.88. The Hall–Kier alpha value is -2.53. The molecule has 1 heterocycles. The van der Waals surface area contributed by atoms with Gasteiger partial charge in [-0.25, -0.2) is 4.98 Å². The van der Waals surface area contributed by atoms with Crippen molar-refractivity contribution in [3.63, 3.8) is 0 Å². The Labute approximate surface area is 184 Å². The van der Waals surface area contributed by atoms with Gasteiger partial charge in [0.25, 0.3) is 0 Å². The lowest BCUT2D eigenvalue weighted by Gasteiger charge is -2.13. The Morgan fingerprint density at radius 3 is 2.27 bits per heavy atom. The number of hydrogen-bond acceptors (Lipinski definition) is 3. The smallest absolute Gasteiger partial charge is 0.222 e. The molecule has 30 heavy (non-hydrogen) atoms. The van der Waals surface area contributed by atoms with Gasteiger partial charge in [0, 0.05) is 35.9 Å². The number of carbonyl (C=O) groups is 1. The molecule has 0 aliphatic carbocycles. The molecule has 0 aliphatic heterocycles. The number of aromatic nitrogens is 2. The van der Waals surface area contributed by atoms with E-state index in [4.69, 9.17) is 4.98 Å². The first-order chi connectivity index (χ1) is 14.6. The Kier molecular flexibility index (Phi) is 8.14. The maximum absolute atomic E-state index is 11.8. The Bertz CT molecular complexity index is 936. The van der Waals surface area contributed by atoms with Crippen LogP contribution in [0, 0.1) is 5.92 Å². The van der Waals surface area contributed by atoms with Crippen molar-refractivity contribution in [2.75, 3.05) is 12.3 Å². The van der Waals surface area contributed by atoms with Crippen molar-refractivity contribution in [2.24, 2.45) is 5.92 Å². The monoisotopic (exact) mass is 421 g/mol. The number of hydrogen-bond donors (Lipinski definition) is 1. The van der Waals surface area contributed by atoms with Crippen LogP contribution in [0.4, 0.5) is 0 Å². The third-order valence-corrected chi connectivity index (χ3v) is 5.90. The molecule has 0 saturated heterocycles. The first-order valence-corrected chi connectivity index (χ1v) is 11.7. The normalized spacial score (nSPS) is 11.1. The first-order valence-electron chi connectivity index (χ1n) is 10.7. The lowest BCUT2D eigenvalue weighted by atomic mass is 10.0. The highest BCUT2D eigenvalue weighted by Gasteiger charge is 2.20. The van der Waals surface area contributed by atoms with Crippen LogP contribution in [0.2, 0.25) is 0 Å². The fraction of sp³-hybridized carbons (Fsp3) is 0.360. The van der Waals surface area contributed by atoms with Crippen LogP contribution in [0.25, 0.3) is 22.5 Å². The van der Waals surface area contributed by atoms with Crippen molar-refractivity contribution in [1.82, 2.24) is 14.9 Å². The van der Waals surface area contributed by atoms with Crippen LogP contribution in [0.3, 0.4) is 0 Å². The van der Waals surface area contributed by atoms with Gasteiger partial charge in [0.1, 0.15) is 0 Å². The summed E-state index contributed by atoms with van der Waals surface area (Å²) in [6, 6.07) is 20.9. The number of carbonyl (C=O) groups excluding carboxylic acids is 1. The molecule has 1 aromatic heterocycles. The van der Waals surface area contributed by atoms with E-state index in [2.05, 4.69) is 65.3 Å². The summed E-state index contributed by atoms with van der Waals surface area (Å²) in [7, 11) is 0. The summed E-state index contributed by atoms with van der Waals surface area (Å²) < 4.78 is 2.36. The van der Waals surface area contributed by atoms with Gasteiger partial charge in [-0.1, -0.05) is 99.6 Å². The van der Waals surface area contributed by atoms with Crippen molar-refractivity contribution >= 4 is 17.7 Å². The maximum atomic E-state index is 11.8. The molecule has 1 amide bonds. The minimum absolute atomic E-state index is 0.0101. The van der Waals surface area contributed by atoms with E-state index in [0.29, 0.717) is 6.54 Å². The zero-order valence-electron chi connectivity index (χ0n) is 18.1. The molecule has 0 atom stereocenters. The SMILES string of the molecule is CCCCn1c(SCCNC(=O)C(C)C)nc(-c2ccccc2)c1-c1ccccc1. The minimum Gasteiger partial charge on any atom is -0.355 e. The largest absolute Gasteiger partial charge is 0.355 e. The Morgan fingerprint density at radius 2 is 1.67 bits per heavy atom. The van der Waals surface area contributed by atoms with E-state index in [9.17, 15) is 4.79 Å². The van der Waals surface area contributed by atoms with Gasteiger partial charge in [-0.15, -0.1) is 0 Å². The van der Waals surface area contributed by atoms with Crippen LogP contribution in [-0.2, 0) is 11.3 Å². The second-order valence-electron chi connectivity index (χ2n) is 7.62. The van der Waals surface area contributed by atoms with Crippen molar-refractivity contribution in [1.29, 1.82) is 0 Å². The fourth-order valence-corrected chi connectivity index (χ4v) is 4.15. The molecular weight excluding hydrogens is 390 g/mol. The van der Waals surface area contributed by atoms with Crippen LogP contribution in [0.1, 0.15) is 33.6 Å². The number of thioether (sulfide) groups is 1. The topological polar surface area (TPSA) is 46.9 Å². The van der Waals surface area contributed by atoms with E-state index in [1.807, 2.05) is 26.0 Å². The molecule has 0 saturated carbocycles. The Balaban J connectivity index is 1.95. The molecule has 3 aromatic rings. The highest BCUT2D eigenvalue weighted by molar-refractivity contribution is 7.99. The highest BCUT2D eigenvalue weighted by atomic mass is 32.2. The summed E-state index contributed by atoms with van der Waals surface area (Å²) in [6.45, 7) is 7.62. The van der Waals surface area contributed by atoms with Crippen molar-refractivity contribution in [2.45, 2.75) is 45.3 Å². The second kappa shape index (κ2) is 11.0. The van der Waals surface area contributed by atoms with Gasteiger partial charge < -0.3 is 9.88 Å². The zero-order chi connectivity index (χ0) is 21.3. The molecule has 0 bridgehead atoms. The number of nitrogens with zero attached hydrogens (tertiary/aromatic N) is 2. The molecule has 158 valence electrons. The van der Waals surface area contributed by atoms with Gasteiger partial charge in [0.05, 0.1) is 11.4 Å². The zero-order valence-corrected chi connectivity index (χ0v) is 18.9. The Morgan fingerprint density at radius 1 is 1.03 bits per heavy atom. The van der Waals surface area contributed by atoms with E-state index in [1.54, 1.807) is 11.8 Å². The summed E-state index contributed by atoms with van der Waals surface area (Å²) in [6.07, 6.45) is 2.23. The van der Waals surface area contributed by atoms with Gasteiger partial charge in [0.15, 0.2) is 5.16 Å². The molecular formula is C25H31N3OS. The van der Waals surface area contributed by atoms with Crippen LogP contribution >= 0.6 is 11.8 Å². The summed E-state index contributed by atoms with van der Waals surface area (Å²) in [5.41, 5.74) is 4.50. The van der Waals surface area contributed by atoms with Gasteiger partial charge in [-0.3, -0.25) is 4.79 Å². The molecule has 0 spiro atoms. The fourth-order valence-electron chi connectivity index (χ4n) is 3.27. The summed E-state index contributed by atoms with van der Waals surface area (Å²) >= 11 is 1.71. The number of rotatable bonds is 10. The number of unbranched alkanes of at least 4 members (excludes halogenated alkanes) is 1. The molecule has 3 rings (SSSR count). The molecule has 4 nitrogen and oxygen atoms in total. The molecule has 5 heteroatoms.